The van der Waals surface area contributed by atoms with Crippen molar-refractivity contribution in [3.05, 3.63) is 35.6 Å². The summed E-state index contributed by atoms with van der Waals surface area (Å²) in [5.41, 5.74) is 1.07. The zero-order chi connectivity index (χ0) is 12.5. The van der Waals surface area contributed by atoms with Crippen molar-refractivity contribution in [2.45, 2.75) is 13.0 Å². The predicted octanol–water partition coefficient (Wildman–Crippen LogP) is 2.14. The van der Waals surface area contributed by atoms with Gasteiger partial charge in [0, 0.05) is 19.7 Å². The molecule has 0 aliphatic carbocycles. The van der Waals surface area contributed by atoms with E-state index in [1.54, 1.807) is 19.2 Å². The number of rotatable bonds is 8. The first kappa shape index (κ1) is 14.1. The van der Waals surface area contributed by atoms with Crippen LogP contribution in [0.15, 0.2) is 24.3 Å². The van der Waals surface area contributed by atoms with E-state index in [0.717, 1.165) is 12.1 Å². The van der Waals surface area contributed by atoms with Gasteiger partial charge >= 0.3 is 0 Å². The highest BCUT2D eigenvalue weighted by Crippen LogP contribution is 2.12. The Morgan fingerprint density at radius 1 is 1.18 bits per heavy atom. The molecule has 0 aromatic heterocycles. The lowest BCUT2D eigenvalue weighted by atomic mass is 10.1. The largest absolute Gasteiger partial charge is 0.382 e. The number of hydrogen-bond acceptors (Lipinski definition) is 3. The van der Waals surface area contributed by atoms with Gasteiger partial charge in [-0.15, -0.1) is 0 Å². The molecule has 0 fully saturated rings. The fraction of sp³-hybridized carbons (Fsp3) is 0.538. The smallest absolute Gasteiger partial charge is 0.123 e. The first-order valence-electron chi connectivity index (χ1n) is 5.79. The highest BCUT2D eigenvalue weighted by atomic mass is 19.1. The topological polar surface area (TPSA) is 30.5 Å². The van der Waals surface area contributed by atoms with Crippen LogP contribution in [0.25, 0.3) is 0 Å². The summed E-state index contributed by atoms with van der Waals surface area (Å²) < 4.78 is 22.9. The van der Waals surface area contributed by atoms with Gasteiger partial charge in [0.15, 0.2) is 0 Å². The first-order chi connectivity index (χ1) is 8.24. The van der Waals surface area contributed by atoms with E-state index in [-0.39, 0.29) is 11.9 Å². The van der Waals surface area contributed by atoms with Crippen LogP contribution in [0.1, 0.15) is 18.5 Å². The molecule has 0 aliphatic heterocycles. The molecule has 0 heterocycles. The molecule has 1 atom stereocenters. The predicted molar refractivity (Wildman–Crippen MR) is 65.5 cm³/mol. The molecule has 1 aromatic carbocycles. The summed E-state index contributed by atoms with van der Waals surface area (Å²) in [6.45, 7) is 4.69. The molecule has 0 radical (unpaired) electrons. The van der Waals surface area contributed by atoms with Crippen molar-refractivity contribution < 1.29 is 13.9 Å². The van der Waals surface area contributed by atoms with Crippen LogP contribution in [0, 0.1) is 5.82 Å². The third kappa shape index (κ3) is 5.77. The molecule has 1 rings (SSSR count). The van der Waals surface area contributed by atoms with Crippen LogP contribution in [0.5, 0.6) is 0 Å². The van der Waals surface area contributed by atoms with E-state index >= 15 is 0 Å². The summed E-state index contributed by atoms with van der Waals surface area (Å²) in [5.74, 6) is -0.205. The van der Waals surface area contributed by atoms with E-state index in [2.05, 4.69) is 5.32 Å². The van der Waals surface area contributed by atoms with Gasteiger partial charge in [-0.3, -0.25) is 0 Å². The Hall–Kier alpha value is -0.970. The van der Waals surface area contributed by atoms with Crippen molar-refractivity contribution in [3.8, 4) is 0 Å². The number of nitrogens with one attached hydrogen (secondary N) is 1. The van der Waals surface area contributed by atoms with E-state index < -0.39 is 0 Å². The molecule has 0 amide bonds. The summed E-state index contributed by atoms with van der Waals surface area (Å²) >= 11 is 0. The standard InChI is InChI=1S/C13H20FNO2/c1-11(12-3-5-13(14)6-4-12)15-7-8-17-10-9-16-2/h3-6,11,15H,7-10H2,1-2H3/t11-/m0/s1. The van der Waals surface area contributed by atoms with Crippen molar-refractivity contribution in [2.24, 2.45) is 0 Å². The van der Waals surface area contributed by atoms with Crippen LogP contribution in [0.4, 0.5) is 4.39 Å². The average Bonchev–Trinajstić information content (AvgIpc) is 2.34. The Bertz CT molecular complexity index is 303. The lowest BCUT2D eigenvalue weighted by Gasteiger charge is -2.14. The molecule has 4 heteroatoms. The van der Waals surface area contributed by atoms with Crippen LogP contribution >= 0.6 is 0 Å². The third-order valence-corrected chi connectivity index (χ3v) is 2.50. The number of hydrogen-bond donors (Lipinski definition) is 1. The lowest BCUT2D eigenvalue weighted by Crippen LogP contribution is -2.23. The minimum atomic E-state index is -0.205. The number of ether oxygens (including phenoxy) is 2. The Kier molecular flexibility index (Phi) is 6.77. The lowest BCUT2D eigenvalue weighted by molar-refractivity contribution is 0.0712. The van der Waals surface area contributed by atoms with Crippen LogP contribution in [-0.2, 0) is 9.47 Å². The SMILES string of the molecule is COCCOCCN[C@@H](C)c1ccc(F)cc1. The second-order valence-corrected chi connectivity index (χ2v) is 3.83. The molecular weight excluding hydrogens is 221 g/mol. The maximum absolute atomic E-state index is 12.7. The van der Waals surface area contributed by atoms with Crippen molar-refractivity contribution in [2.75, 3.05) is 33.5 Å². The monoisotopic (exact) mass is 241 g/mol. The van der Waals surface area contributed by atoms with Crippen LogP contribution in [0.3, 0.4) is 0 Å². The van der Waals surface area contributed by atoms with E-state index in [1.165, 1.54) is 12.1 Å². The molecule has 0 spiro atoms. The minimum absolute atomic E-state index is 0.196. The summed E-state index contributed by atoms with van der Waals surface area (Å²) in [6.07, 6.45) is 0. The van der Waals surface area contributed by atoms with Crippen molar-refractivity contribution >= 4 is 0 Å². The molecular formula is C13H20FNO2. The Morgan fingerprint density at radius 2 is 1.88 bits per heavy atom. The van der Waals surface area contributed by atoms with Gasteiger partial charge in [0.2, 0.25) is 0 Å². The van der Waals surface area contributed by atoms with Gasteiger partial charge in [0.05, 0.1) is 19.8 Å². The van der Waals surface area contributed by atoms with Crippen LogP contribution < -0.4 is 5.32 Å². The maximum atomic E-state index is 12.7. The van der Waals surface area contributed by atoms with E-state index in [0.29, 0.717) is 19.8 Å². The average molecular weight is 241 g/mol. The summed E-state index contributed by atoms with van der Waals surface area (Å²) in [7, 11) is 1.65. The third-order valence-electron chi connectivity index (χ3n) is 2.50. The second kappa shape index (κ2) is 8.17. The van der Waals surface area contributed by atoms with E-state index in [4.69, 9.17) is 9.47 Å². The Morgan fingerprint density at radius 3 is 2.53 bits per heavy atom. The van der Waals surface area contributed by atoms with Gasteiger partial charge in [-0.25, -0.2) is 4.39 Å². The van der Waals surface area contributed by atoms with Gasteiger partial charge < -0.3 is 14.8 Å². The highest BCUT2D eigenvalue weighted by Gasteiger charge is 2.03. The molecule has 17 heavy (non-hydrogen) atoms. The molecule has 0 aliphatic rings. The van der Waals surface area contributed by atoms with Gasteiger partial charge in [-0.2, -0.15) is 0 Å². The van der Waals surface area contributed by atoms with Crippen molar-refractivity contribution in [3.63, 3.8) is 0 Å². The molecule has 0 bridgehead atoms. The highest BCUT2D eigenvalue weighted by molar-refractivity contribution is 5.19. The number of halogens is 1. The Balaban J connectivity index is 2.16. The molecule has 96 valence electrons. The van der Waals surface area contributed by atoms with Gasteiger partial charge in [0.1, 0.15) is 5.82 Å². The van der Waals surface area contributed by atoms with Crippen molar-refractivity contribution in [1.29, 1.82) is 0 Å². The van der Waals surface area contributed by atoms with E-state index in [9.17, 15) is 4.39 Å². The van der Waals surface area contributed by atoms with Crippen LogP contribution in [0.2, 0.25) is 0 Å². The zero-order valence-electron chi connectivity index (χ0n) is 10.4. The summed E-state index contributed by atoms with van der Waals surface area (Å²) in [6, 6.07) is 6.73. The number of methoxy groups -OCH3 is 1. The zero-order valence-corrected chi connectivity index (χ0v) is 10.4. The van der Waals surface area contributed by atoms with Crippen molar-refractivity contribution in [1.82, 2.24) is 5.32 Å². The fourth-order valence-electron chi connectivity index (χ4n) is 1.46. The first-order valence-corrected chi connectivity index (χ1v) is 5.79. The van der Waals surface area contributed by atoms with Gasteiger partial charge in [0.25, 0.3) is 0 Å². The minimum Gasteiger partial charge on any atom is -0.382 e. The Labute approximate surface area is 102 Å². The second-order valence-electron chi connectivity index (χ2n) is 3.83. The molecule has 1 aromatic rings. The summed E-state index contributed by atoms with van der Waals surface area (Å²) in [4.78, 5) is 0. The van der Waals surface area contributed by atoms with E-state index in [1.807, 2.05) is 6.92 Å². The molecule has 0 saturated heterocycles. The fourth-order valence-corrected chi connectivity index (χ4v) is 1.46. The molecule has 1 N–H and O–H groups in total. The molecule has 0 saturated carbocycles. The summed E-state index contributed by atoms with van der Waals surface area (Å²) in [5, 5.41) is 3.31. The maximum Gasteiger partial charge on any atom is 0.123 e. The quantitative estimate of drug-likeness (QED) is 0.707. The normalized spacial score (nSPS) is 12.6. The van der Waals surface area contributed by atoms with Gasteiger partial charge in [-0.05, 0) is 24.6 Å². The molecule has 0 unspecified atom stereocenters. The van der Waals surface area contributed by atoms with Crippen LogP contribution in [-0.4, -0.2) is 33.5 Å². The number of benzene rings is 1. The molecule has 3 nitrogen and oxygen atoms in total. The van der Waals surface area contributed by atoms with Gasteiger partial charge in [-0.1, -0.05) is 12.1 Å².